The predicted molar refractivity (Wildman–Crippen MR) is 69.5 cm³/mol. The largest absolute Gasteiger partial charge is 0.368 e. The van der Waals surface area contributed by atoms with E-state index in [9.17, 15) is 9.59 Å². The second-order valence-corrected chi connectivity index (χ2v) is 5.80. The van der Waals surface area contributed by atoms with Crippen LogP contribution in [0.25, 0.3) is 0 Å². The van der Waals surface area contributed by atoms with Crippen LogP contribution in [0.1, 0.15) is 32.1 Å². The van der Waals surface area contributed by atoms with E-state index in [1.165, 1.54) is 0 Å². The van der Waals surface area contributed by atoms with Crippen LogP contribution in [0.15, 0.2) is 0 Å². The summed E-state index contributed by atoms with van der Waals surface area (Å²) in [7, 11) is 0. The lowest BCUT2D eigenvalue weighted by atomic mass is 10.1. The van der Waals surface area contributed by atoms with Crippen molar-refractivity contribution in [2.45, 2.75) is 38.2 Å². The maximum absolute atomic E-state index is 12.3. The minimum absolute atomic E-state index is 0.0171. The highest BCUT2D eigenvalue weighted by atomic mass is 16.5. The zero-order valence-electron chi connectivity index (χ0n) is 11.3. The molecule has 106 valence electrons. The number of nitrogens with zero attached hydrogens (tertiary/aromatic N) is 2. The third-order valence-corrected chi connectivity index (χ3v) is 4.47. The fraction of sp³-hybridized carbons (Fsp3) is 0.857. The summed E-state index contributed by atoms with van der Waals surface area (Å²) in [6.45, 7) is 3.79. The number of hydrogen-bond acceptors (Lipinski definition) is 3. The molecule has 0 bridgehead atoms. The van der Waals surface area contributed by atoms with Crippen molar-refractivity contribution in [1.82, 2.24) is 9.80 Å². The summed E-state index contributed by atoms with van der Waals surface area (Å²) in [4.78, 5) is 28.3. The Morgan fingerprint density at radius 1 is 0.895 bits per heavy atom. The van der Waals surface area contributed by atoms with E-state index in [0.29, 0.717) is 19.7 Å². The smallest absolute Gasteiger partial charge is 0.251 e. The van der Waals surface area contributed by atoms with E-state index in [1.54, 1.807) is 0 Å². The lowest BCUT2D eigenvalue weighted by Gasteiger charge is -2.22. The molecule has 0 aliphatic carbocycles. The van der Waals surface area contributed by atoms with Crippen molar-refractivity contribution in [2.24, 2.45) is 5.92 Å². The first-order valence-corrected chi connectivity index (χ1v) is 7.45. The van der Waals surface area contributed by atoms with E-state index >= 15 is 0 Å². The van der Waals surface area contributed by atoms with Gasteiger partial charge in [0.25, 0.3) is 5.91 Å². The molecule has 2 unspecified atom stereocenters. The SMILES string of the molecule is O=C(C1CCN(C(=O)C2CCCO2)C1)N1CCCC1. The molecule has 3 saturated heterocycles. The van der Waals surface area contributed by atoms with Crippen molar-refractivity contribution in [2.75, 3.05) is 32.8 Å². The van der Waals surface area contributed by atoms with Crippen LogP contribution in [0.3, 0.4) is 0 Å². The third kappa shape index (κ3) is 2.61. The molecule has 3 fully saturated rings. The Bertz CT molecular complexity index is 326. The van der Waals surface area contributed by atoms with E-state index in [-0.39, 0.29) is 23.8 Å². The molecule has 5 nitrogen and oxygen atoms in total. The standard InChI is InChI=1S/C14H22N2O3/c17-13(15-6-1-2-7-15)11-5-8-16(10-11)14(18)12-4-3-9-19-12/h11-12H,1-10H2. The van der Waals surface area contributed by atoms with Crippen LogP contribution in [0.4, 0.5) is 0 Å². The molecule has 3 aliphatic heterocycles. The first-order chi connectivity index (χ1) is 9.25. The van der Waals surface area contributed by atoms with Gasteiger partial charge in [-0.2, -0.15) is 0 Å². The normalized spacial score (nSPS) is 31.2. The number of hydrogen-bond donors (Lipinski definition) is 0. The van der Waals surface area contributed by atoms with Gasteiger partial charge in [-0.25, -0.2) is 0 Å². The summed E-state index contributed by atoms with van der Waals surface area (Å²) >= 11 is 0. The highest BCUT2D eigenvalue weighted by Crippen LogP contribution is 2.24. The van der Waals surface area contributed by atoms with Crippen LogP contribution in [-0.2, 0) is 14.3 Å². The minimum atomic E-state index is -0.249. The zero-order valence-corrected chi connectivity index (χ0v) is 11.3. The van der Waals surface area contributed by atoms with Crippen molar-refractivity contribution in [1.29, 1.82) is 0 Å². The van der Waals surface area contributed by atoms with Crippen LogP contribution < -0.4 is 0 Å². The first kappa shape index (κ1) is 12.9. The van der Waals surface area contributed by atoms with E-state index in [4.69, 9.17) is 4.74 Å². The minimum Gasteiger partial charge on any atom is -0.368 e. The fourth-order valence-electron chi connectivity index (χ4n) is 3.33. The molecule has 0 N–H and O–H groups in total. The lowest BCUT2D eigenvalue weighted by molar-refractivity contribution is -0.140. The van der Waals surface area contributed by atoms with Gasteiger partial charge in [0.15, 0.2) is 0 Å². The summed E-state index contributed by atoms with van der Waals surface area (Å²) in [5.74, 6) is 0.359. The van der Waals surface area contributed by atoms with E-state index < -0.39 is 0 Å². The maximum Gasteiger partial charge on any atom is 0.251 e. The van der Waals surface area contributed by atoms with Crippen molar-refractivity contribution in [3.05, 3.63) is 0 Å². The van der Waals surface area contributed by atoms with Gasteiger partial charge in [0.05, 0.1) is 5.92 Å². The Morgan fingerprint density at radius 3 is 2.37 bits per heavy atom. The molecule has 19 heavy (non-hydrogen) atoms. The summed E-state index contributed by atoms with van der Waals surface area (Å²) < 4.78 is 5.44. The number of carbonyl (C=O) groups is 2. The first-order valence-electron chi connectivity index (χ1n) is 7.45. The Morgan fingerprint density at radius 2 is 1.68 bits per heavy atom. The zero-order chi connectivity index (χ0) is 13.2. The maximum atomic E-state index is 12.3. The van der Waals surface area contributed by atoms with Crippen molar-refractivity contribution in [3.8, 4) is 0 Å². The summed E-state index contributed by atoms with van der Waals surface area (Å²) in [6.07, 6.45) is 4.61. The third-order valence-electron chi connectivity index (χ3n) is 4.47. The number of ether oxygens (including phenoxy) is 1. The van der Waals surface area contributed by atoms with Gasteiger partial charge in [0.2, 0.25) is 5.91 Å². The molecule has 0 spiro atoms. The van der Waals surface area contributed by atoms with Crippen LogP contribution in [-0.4, -0.2) is 60.5 Å². The quantitative estimate of drug-likeness (QED) is 0.737. The fourth-order valence-corrected chi connectivity index (χ4v) is 3.33. The molecule has 3 aliphatic rings. The molecule has 2 amide bonds. The summed E-state index contributed by atoms with van der Waals surface area (Å²) in [6, 6.07) is 0. The Labute approximate surface area is 113 Å². The summed E-state index contributed by atoms with van der Waals surface area (Å²) in [5, 5.41) is 0. The van der Waals surface area contributed by atoms with Gasteiger partial charge in [-0.05, 0) is 32.1 Å². The molecule has 0 aromatic rings. The monoisotopic (exact) mass is 266 g/mol. The van der Waals surface area contributed by atoms with Gasteiger partial charge in [-0.15, -0.1) is 0 Å². The molecule has 0 aromatic carbocycles. The second kappa shape index (κ2) is 5.49. The predicted octanol–water partition coefficient (Wildman–Crippen LogP) is 0.636. The molecule has 0 radical (unpaired) electrons. The van der Waals surface area contributed by atoms with Gasteiger partial charge >= 0.3 is 0 Å². The molecule has 2 atom stereocenters. The molecule has 0 aromatic heterocycles. The van der Waals surface area contributed by atoms with Gasteiger partial charge < -0.3 is 14.5 Å². The van der Waals surface area contributed by atoms with Gasteiger partial charge in [-0.1, -0.05) is 0 Å². The molecule has 3 rings (SSSR count). The number of rotatable bonds is 2. The second-order valence-electron chi connectivity index (χ2n) is 5.80. The number of carbonyl (C=O) groups excluding carboxylic acids is 2. The van der Waals surface area contributed by atoms with Crippen LogP contribution >= 0.6 is 0 Å². The average molecular weight is 266 g/mol. The molecule has 3 heterocycles. The van der Waals surface area contributed by atoms with E-state index in [1.807, 2.05) is 9.80 Å². The number of likely N-dealkylation sites (tertiary alicyclic amines) is 2. The summed E-state index contributed by atoms with van der Waals surface area (Å²) in [5.41, 5.74) is 0. The highest BCUT2D eigenvalue weighted by molar-refractivity contribution is 5.84. The van der Waals surface area contributed by atoms with Crippen molar-refractivity contribution >= 4 is 11.8 Å². The lowest BCUT2D eigenvalue weighted by Crippen LogP contribution is -2.39. The molecular weight excluding hydrogens is 244 g/mol. The Hall–Kier alpha value is -1.10. The molecule has 0 saturated carbocycles. The van der Waals surface area contributed by atoms with Gasteiger partial charge in [-0.3, -0.25) is 9.59 Å². The Kier molecular flexibility index (Phi) is 3.73. The molecule has 5 heteroatoms. The average Bonchev–Trinajstić information content (AvgIpc) is 3.16. The van der Waals surface area contributed by atoms with Crippen LogP contribution in [0.2, 0.25) is 0 Å². The van der Waals surface area contributed by atoms with E-state index in [2.05, 4.69) is 0 Å². The van der Waals surface area contributed by atoms with Gasteiger partial charge in [0, 0.05) is 32.8 Å². The topological polar surface area (TPSA) is 49.9 Å². The van der Waals surface area contributed by atoms with Crippen molar-refractivity contribution < 1.29 is 14.3 Å². The van der Waals surface area contributed by atoms with Crippen molar-refractivity contribution in [3.63, 3.8) is 0 Å². The Balaban J connectivity index is 1.54. The van der Waals surface area contributed by atoms with Gasteiger partial charge in [0.1, 0.15) is 6.10 Å². The molecular formula is C14H22N2O3. The van der Waals surface area contributed by atoms with Crippen LogP contribution in [0.5, 0.6) is 0 Å². The van der Waals surface area contributed by atoms with E-state index in [0.717, 1.165) is 45.2 Å². The highest BCUT2D eigenvalue weighted by Gasteiger charge is 2.37. The van der Waals surface area contributed by atoms with Crippen LogP contribution in [0, 0.1) is 5.92 Å². The number of amides is 2.